The Morgan fingerprint density at radius 2 is 1.81 bits per heavy atom. The summed E-state index contributed by atoms with van der Waals surface area (Å²) in [7, 11) is 4.68. The highest BCUT2D eigenvalue weighted by Gasteiger charge is 2.10. The van der Waals surface area contributed by atoms with Gasteiger partial charge in [-0.25, -0.2) is 0 Å². The van der Waals surface area contributed by atoms with Crippen LogP contribution in [-0.2, 0) is 7.05 Å². The minimum atomic E-state index is -0.361. The van der Waals surface area contributed by atoms with Gasteiger partial charge in [-0.2, -0.15) is 0 Å². The van der Waals surface area contributed by atoms with E-state index in [4.69, 9.17) is 9.47 Å². The fourth-order valence-electron chi connectivity index (χ4n) is 1.81. The van der Waals surface area contributed by atoms with Gasteiger partial charge in [0.05, 0.1) is 14.2 Å². The molecule has 0 atom stereocenters. The minimum absolute atomic E-state index is 0.241. The molecule has 1 aromatic carbocycles. The van der Waals surface area contributed by atoms with Gasteiger partial charge in [0.25, 0.3) is 11.5 Å². The summed E-state index contributed by atoms with van der Waals surface area (Å²) in [6, 6.07) is 7.91. The number of methoxy groups -OCH3 is 2. The zero-order valence-corrected chi connectivity index (χ0v) is 12.0. The van der Waals surface area contributed by atoms with E-state index in [1.54, 1.807) is 37.5 Å². The molecule has 0 fully saturated rings. The van der Waals surface area contributed by atoms with E-state index in [1.165, 1.54) is 24.9 Å². The summed E-state index contributed by atoms with van der Waals surface area (Å²) >= 11 is 0. The number of ether oxygens (including phenoxy) is 2. The smallest absolute Gasteiger partial charge is 0.255 e. The van der Waals surface area contributed by atoms with Crippen molar-refractivity contribution in [3.8, 4) is 11.5 Å². The third kappa shape index (κ3) is 3.22. The first-order valence-electron chi connectivity index (χ1n) is 6.25. The monoisotopic (exact) mass is 288 g/mol. The minimum Gasteiger partial charge on any atom is -0.493 e. The number of aryl methyl sites for hydroxylation is 1. The number of hydrogen-bond donors (Lipinski definition) is 1. The lowest BCUT2D eigenvalue weighted by atomic mass is 10.2. The number of pyridine rings is 1. The molecule has 1 N–H and O–H groups in total. The first-order chi connectivity index (χ1) is 10.0. The van der Waals surface area contributed by atoms with E-state index in [2.05, 4.69) is 5.32 Å². The van der Waals surface area contributed by atoms with Crippen LogP contribution in [0.1, 0.15) is 10.4 Å². The van der Waals surface area contributed by atoms with Crippen LogP contribution in [0.25, 0.3) is 0 Å². The van der Waals surface area contributed by atoms with Crippen LogP contribution in [0, 0.1) is 0 Å². The van der Waals surface area contributed by atoms with E-state index in [-0.39, 0.29) is 11.5 Å². The number of hydrogen-bond acceptors (Lipinski definition) is 4. The highest BCUT2D eigenvalue weighted by Crippen LogP contribution is 2.29. The quantitative estimate of drug-likeness (QED) is 0.929. The molecule has 0 bridgehead atoms. The van der Waals surface area contributed by atoms with Crippen LogP contribution in [0.4, 0.5) is 5.69 Å². The Balaban J connectivity index is 2.23. The highest BCUT2D eigenvalue weighted by atomic mass is 16.5. The molecule has 1 amide bonds. The molecule has 21 heavy (non-hydrogen) atoms. The number of benzene rings is 1. The van der Waals surface area contributed by atoms with Gasteiger partial charge in [0, 0.05) is 36.6 Å². The van der Waals surface area contributed by atoms with Gasteiger partial charge >= 0.3 is 0 Å². The maximum absolute atomic E-state index is 12.1. The Kier molecular flexibility index (Phi) is 4.27. The second-order valence-corrected chi connectivity index (χ2v) is 4.39. The lowest BCUT2D eigenvalue weighted by Crippen LogP contribution is -2.19. The molecule has 0 aliphatic carbocycles. The molecule has 1 heterocycles. The summed E-state index contributed by atoms with van der Waals surface area (Å²) in [5, 5.41) is 2.71. The Hall–Kier alpha value is -2.76. The van der Waals surface area contributed by atoms with Gasteiger partial charge in [0.1, 0.15) is 0 Å². The van der Waals surface area contributed by atoms with Crippen LogP contribution in [0.3, 0.4) is 0 Å². The van der Waals surface area contributed by atoms with Crippen LogP contribution in [0.15, 0.2) is 41.3 Å². The summed E-state index contributed by atoms with van der Waals surface area (Å²) in [5.74, 6) is 0.725. The topological polar surface area (TPSA) is 69.6 Å². The SMILES string of the molecule is COc1ccc(NC(=O)c2ccn(C)c(=O)c2)cc1OC. The Morgan fingerprint density at radius 1 is 1.10 bits per heavy atom. The molecule has 0 saturated heterocycles. The van der Waals surface area contributed by atoms with Gasteiger partial charge in [0.15, 0.2) is 11.5 Å². The predicted octanol–water partition coefficient (Wildman–Crippen LogP) is 1.65. The number of anilines is 1. The largest absolute Gasteiger partial charge is 0.493 e. The summed E-state index contributed by atoms with van der Waals surface area (Å²) in [4.78, 5) is 23.6. The second kappa shape index (κ2) is 6.13. The first kappa shape index (κ1) is 14.6. The van der Waals surface area contributed by atoms with Gasteiger partial charge in [0.2, 0.25) is 0 Å². The number of nitrogens with zero attached hydrogens (tertiary/aromatic N) is 1. The van der Waals surface area contributed by atoms with Gasteiger partial charge in [-0.3, -0.25) is 9.59 Å². The summed E-state index contributed by atoms with van der Waals surface area (Å²) < 4.78 is 11.7. The number of carbonyl (C=O) groups excluding carboxylic acids is 1. The molecule has 2 aromatic rings. The molecule has 0 aliphatic rings. The van der Waals surface area contributed by atoms with Gasteiger partial charge in [-0.15, -0.1) is 0 Å². The maximum Gasteiger partial charge on any atom is 0.255 e. The Labute approximate surface area is 121 Å². The van der Waals surface area contributed by atoms with Crippen molar-refractivity contribution < 1.29 is 14.3 Å². The number of carbonyl (C=O) groups is 1. The van der Waals surface area contributed by atoms with Crippen LogP contribution in [0.2, 0.25) is 0 Å². The average Bonchev–Trinajstić information content (AvgIpc) is 2.49. The van der Waals surface area contributed by atoms with Crippen molar-refractivity contribution >= 4 is 11.6 Å². The molecule has 6 nitrogen and oxygen atoms in total. The third-order valence-corrected chi connectivity index (χ3v) is 3.01. The van der Waals surface area contributed by atoms with Crippen LogP contribution >= 0.6 is 0 Å². The fourth-order valence-corrected chi connectivity index (χ4v) is 1.81. The molecule has 0 spiro atoms. The van der Waals surface area contributed by atoms with E-state index in [0.29, 0.717) is 22.7 Å². The van der Waals surface area contributed by atoms with E-state index >= 15 is 0 Å². The summed E-state index contributed by atoms with van der Waals surface area (Å²) in [5.41, 5.74) is 0.612. The van der Waals surface area contributed by atoms with E-state index in [9.17, 15) is 9.59 Å². The lowest BCUT2D eigenvalue weighted by molar-refractivity contribution is 0.102. The van der Waals surface area contributed by atoms with Crippen molar-refractivity contribution in [1.82, 2.24) is 4.57 Å². The van der Waals surface area contributed by atoms with Gasteiger partial charge in [-0.1, -0.05) is 0 Å². The third-order valence-electron chi connectivity index (χ3n) is 3.01. The van der Waals surface area contributed by atoms with E-state index in [1.807, 2.05) is 0 Å². The van der Waals surface area contributed by atoms with Crippen molar-refractivity contribution in [2.75, 3.05) is 19.5 Å². The normalized spacial score (nSPS) is 10.0. The Bertz CT molecular complexity index is 722. The second-order valence-electron chi connectivity index (χ2n) is 4.39. The van der Waals surface area contributed by atoms with Crippen molar-refractivity contribution in [3.05, 3.63) is 52.4 Å². The zero-order chi connectivity index (χ0) is 15.4. The predicted molar refractivity (Wildman–Crippen MR) is 79.2 cm³/mol. The number of aromatic nitrogens is 1. The number of amides is 1. The standard InChI is InChI=1S/C15H16N2O4/c1-17-7-6-10(8-14(17)18)15(19)16-11-4-5-12(20-2)13(9-11)21-3/h4-9H,1-3H3,(H,16,19). The molecule has 0 radical (unpaired) electrons. The molecule has 0 unspecified atom stereocenters. The molecule has 0 aliphatic heterocycles. The fraction of sp³-hybridized carbons (Fsp3) is 0.200. The average molecular weight is 288 g/mol. The zero-order valence-electron chi connectivity index (χ0n) is 12.0. The molecule has 0 saturated carbocycles. The van der Waals surface area contributed by atoms with Gasteiger partial charge in [-0.05, 0) is 18.2 Å². The van der Waals surface area contributed by atoms with Crippen molar-refractivity contribution in [1.29, 1.82) is 0 Å². The maximum atomic E-state index is 12.1. The Morgan fingerprint density at radius 3 is 2.43 bits per heavy atom. The van der Waals surface area contributed by atoms with Crippen LogP contribution in [-0.4, -0.2) is 24.7 Å². The van der Waals surface area contributed by atoms with Crippen LogP contribution in [0.5, 0.6) is 11.5 Å². The molecule has 2 rings (SSSR count). The molecular formula is C15H16N2O4. The molecule has 110 valence electrons. The first-order valence-corrected chi connectivity index (χ1v) is 6.25. The highest BCUT2D eigenvalue weighted by molar-refractivity contribution is 6.04. The molecular weight excluding hydrogens is 272 g/mol. The van der Waals surface area contributed by atoms with Crippen molar-refractivity contribution in [2.45, 2.75) is 0 Å². The van der Waals surface area contributed by atoms with E-state index < -0.39 is 0 Å². The van der Waals surface area contributed by atoms with E-state index in [0.717, 1.165) is 0 Å². The van der Waals surface area contributed by atoms with Crippen LogP contribution < -0.4 is 20.3 Å². The summed E-state index contributed by atoms with van der Waals surface area (Å²) in [6.45, 7) is 0. The summed E-state index contributed by atoms with van der Waals surface area (Å²) in [6.07, 6.45) is 1.55. The van der Waals surface area contributed by atoms with Crippen molar-refractivity contribution in [2.24, 2.45) is 7.05 Å². The number of nitrogens with one attached hydrogen (secondary N) is 1. The lowest BCUT2D eigenvalue weighted by Gasteiger charge is -2.10. The molecule has 6 heteroatoms. The van der Waals surface area contributed by atoms with Crippen molar-refractivity contribution in [3.63, 3.8) is 0 Å². The number of rotatable bonds is 4. The van der Waals surface area contributed by atoms with Gasteiger partial charge < -0.3 is 19.4 Å². The molecule has 1 aromatic heterocycles.